The molecule has 1 fully saturated rings. The Morgan fingerprint density at radius 3 is 1.62 bits per heavy atom. The van der Waals surface area contributed by atoms with Crippen molar-refractivity contribution in [1.29, 1.82) is 0 Å². The first-order valence-electron chi connectivity index (χ1n) is 23.7. The monoisotopic (exact) mass is 875 g/mol. The van der Waals surface area contributed by atoms with Gasteiger partial charge in [-0.1, -0.05) is 153 Å². The zero-order chi connectivity index (χ0) is 43.9. The van der Waals surface area contributed by atoms with Crippen LogP contribution in [-0.4, -0.2) is 97.5 Å². The van der Waals surface area contributed by atoms with Crippen molar-refractivity contribution in [2.24, 2.45) is 0 Å². The normalized spacial score (nSPS) is 20.5. The lowest BCUT2D eigenvalue weighted by molar-refractivity contribution is -0.301. The Morgan fingerprint density at radius 1 is 0.633 bits per heavy atom. The highest BCUT2D eigenvalue weighted by molar-refractivity contribution is 7.80. The maximum atomic E-state index is 12.8. The Balaban J connectivity index is 2.41. The van der Waals surface area contributed by atoms with E-state index in [1.54, 1.807) is 0 Å². The number of hydrogen-bond donors (Lipinski definition) is 4. The average molecular weight is 875 g/mol. The molecule has 0 spiro atoms. The first-order valence-corrected chi connectivity index (χ1v) is 25.1. The molecule has 1 heterocycles. The summed E-state index contributed by atoms with van der Waals surface area (Å²) in [5.74, 6) is -0.410. The van der Waals surface area contributed by atoms with Gasteiger partial charge < -0.3 is 34.3 Å². The number of carbonyl (C=O) groups is 1. The SMILES string of the molecule is CCCCCC/C=C\C/C=C\CCCCCCCCCCOCC(COC1OC(CO)C(O)C(OS(=O)(=O)O)C1O)OC(=O)CCCCCCC/C=C\CCCCCCC. The van der Waals surface area contributed by atoms with Gasteiger partial charge in [0.1, 0.15) is 30.5 Å². The van der Waals surface area contributed by atoms with Gasteiger partial charge >= 0.3 is 16.4 Å². The molecule has 0 bridgehead atoms. The van der Waals surface area contributed by atoms with Crippen LogP contribution in [0.25, 0.3) is 0 Å². The van der Waals surface area contributed by atoms with E-state index in [1.165, 1.54) is 96.3 Å². The van der Waals surface area contributed by atoms with Crippen molar-refractivity contribution in [3.8, 4) is 0 Å². The second-order valence-corrected chi connectivity index (χ2v) is 17.4. The van der Waals surface area contributed by atoms with E-state index < -0.39 is 59.8 Å². The van der Waals surface area contributed by atoms with Crippen molar-refractivity contribution in [3.05, 3.63) is 36.5 Å². The highest BCUT2D eigenvalue weighted by atomic mass is 32.3. The van der Waals surface area contributed by atoms with Crippen LogP contribution in [0, 0.1) is 0 Å². The third kappa shape index (κ3) is 32.1. The van der Waals surface area contributed by atoms with Gasteiger partial charge in [-0.15, -0.1) is 0 Å². The Morgan fingerprint density at radius 2 is 1.10 bits per heavy atom. The molecule has 352 valence electrons. The van der Waals surface area contributed by atoms with Crippen LogP contribution in [-0.2, 0) is 38.3 Å². The van der Waals surface area contributed by atoms with E-state index in [0.717, 1.165) is 70.6 Å². The summed E-state index contributed by atoms with van der Waals surface area (Å²) in [7, 11) is -5.06. The molecule has 1 aliphatic heterocycles. The zero-order valence-electron chi connectivity index (χ0n) is 37.5. The van der Waals surface area contributed by atoms with Crippen LogP contribution in [0.4, 0.5) is 0 Å². The third-order valence-corrected chi connectivity index (χ3v) is 11.2. The molecule has 13 heteroatoms. The summed E-state index contributed by atoms with van der Waals surface area (Å²) in [6, 6.07) is 0. The van der Waals surface area contributed by atoms with Crippen molar-refractivity contribution in [1.82, 2.24) is 0 Å². The smallest absolute Gasteiger partial charge is 0.397 e. The quantitative estimate of drug-likeness (QED) is 0.0198. The zero-order valence-corrected chi connectivity index (χ0v) is 38.3. The fourth-order valence-corrected chi connectivity index (χ4v) is 7.62. The van der Waals surface area contributed by atoms with E-state index in [9.17, 15) is 28.5 Å². The van der Waals surface area contributed by atoms with E-state index in [4.69, 9.17) is 23.5 Å². The number of carbonyl (C=O) groups excluding carboxylic acids is 1. The minimum absolute atomic E-state index is 0.0294. The van der Waals surface area contributed by atoms with Crippen molar-refractivity contribution >= 4 is 16.4 Å². The van der Waals surface area contributed by atoms with Crippen molar-refractivity contribution < 1.29 is 56.2 Å². The lowest BCUT2D eigenvalue weighted by Crippen LogP contribution is -2.60. The number of esters is 1. The van der Waals surface area contributed by atoms with Crippen LogP contribution in [0.3, 0.4) is 0 Å². The first kappa shape index (κ1) is 56.3. The maximum Gasteiger partial charge on any atom is 0.397 e. The van der Waals surface area contributed by atoms with Gasteiger partial charge in [-0.2, -0.15) is 8.42 Å². The van der Waals surface area contributed by atoms with Crippen LogP contribution in [0.15, 0.2) is 36.5 Å². The van der Waals surface area contributed by atoms with Crippen LogP contribution >= 0.6 is 0 Å². The van der Waals surface area contributed by atoms with Crippen LogP contribution in [0.1, 0.15) is 194 Å². The molecule has 0 aromatic carbocycles. The maximum absolute atomic E-state index is 12.8. The summed E-state index contributed by atoms with van der Waals surface area (Å²) in [6.45, 7) is 3.95. The van der Waals surface area contributed by atoms with Gasteiger partial charge in [-0.25, -0.2) is 4.18 Å². The number of hydrogen-bond acceptors (Lipinski definition) is 11. The van der Waals surface area contributed by atoms with E-state index in [0.29, 0.717) is 13.0 Å². The number of aliphatic hydroxyl groups is 3. The van der Waals surface area contributed by atoms with Gasteiger partial charge in [0.15, 0.2) is 6.29 Å². The first-order chi connectivity index (χ1) is 29.1. The molecule has 60 heavy (non-hydrogen) atoms. The molecule has 6 unspecified atom stereocenters. The van der Waals surface area contributed by atoms with Gasteiger partial charge in [0, 0.05) is 13.0 Å². The van der Waals surface area contributed by atoms with Gasteiger partial charge in [0.25, 0.3) is 0 Å². The van der Waals surface area contributed by atoms with Gasteiger partial charge in [-0.05, 0) is 70.6 Å². The molecule has 0 aromatic rings. The second kappa shape index (κ2) is 39.0. The summed E-state index contributed by atoms with van der Waals surface area (Å²) in [5, 5.41) is 30.7. The summed E-state index contributed by atoms with van der Waals surface area (Å²) in [6.07, 6.45) is 36.0. The standard InChI is InChI=1S/C47H86O12S/c1-3-5-7-9-11-13-15-17-19-20-21-22-23-25-27-29-31-33-35-37-55-39-41(40-56-47-45(51)46(59-60(52,53)54)44(50)42(38-48)58-47)57-43(49)36-34-32-30-28-26-24-18-16-14-12-10-8-6-4-2/h13,15-16,18-20,41-42,44-48,50-51H,3-12,14,17,21-40H2,1-2H3,(H,52,53,54)/b15-13-,18-16-,20-19-. The molecular weight excluding hydrogens is 789 g/mol. The minimum Gasteiger partial charge on any atom is -0.457 e. The van der Waals surface area contributed by atoms with E-state index in [1.807, 2.05) is 0 Å². The summed E-state index contributed by atoms with van der Waals surface area (Å²) < 4.78 is 59.1. The Kier molecular flexibility index (Phi) is 36.6. The molecule has 12 nitrogen and oxygen atoms in total. The fourth-order valence-electron chi connectivity index (χ4n) is 7.11. The van der Waals surface area contributed by atoms with Gasteiger partial charge in [-0.3, -0.25) is 9.35 Å². The van der Waals surface area contributed by atoms with Crippen molar-refractivity contribution in [2.75, 3.05) is 26.4 Å². The van der Waals surface area contributed by atoms with Gasteiger partial charge in [0.2, 0.25) is 0 Å². The predicted octanol–water partition coefficient (Wildman–Crippen LogP) is 10.2. The molecule has 6 atom stereocenters. The summed E-state index contributed by atoms with van der Waals surface area (Å²) in [4.78, 5) is 12.8. The lowest BCUT2D eigenvalue weighted by Gasteiger charge is -2.41. The molecule has 1 saturated heterocycles. The van der Waals surface area contributed by atoms with Crippen LogP contribution < -0.4 is 0 Å². The molecule has 0 saturated carbocycles. The molecule has 1 aliphatic rings. The van der Waals surface area contributed by atoms with E-state index >= 15 is 0 Å². The molecule has 0 amide bonds. The molecule has 0 aliphatic carbocycles. The highest BCUT2D eigenvalue weighted by Gasteiger charge is 2.48. The topological polar surface area (TPSA) is 178 Å². The number of rotatable bonds is 41. The molecular formula is C47H86O12S. The van der Waals surface area contributed by atoms with Crippen LogP contribution in [0.5, 0.6) is 0 Å². The molecule has 0 radical (unpaired) electrons. The van der Waals surface area contributed by atoms with E-state index in [-0.39, 0.29) is 19.6 Å². The number of unbranched alkanes of at least 4 members (excludes halogenated alkanes) is 22. The number of aliphatic hydroxyl groups excluding tert-OH is 3. The number of ether oxygens (including phenoxy) is 4. The second-order valence-electron chi connectivity index (χ2n) is 16.3. The highest BCUT2D eigenvalue weighted by Crippen LogP contribution is 2.26. The summed E-state index contributed by atoms with van der Waals surface area (Å²) in [5.41, 5.74) is 0. The molecule has 0 aromatic heterocycles. The molecule has 4 N–H and O–H groups in total. The minimum atomic E-state index is -5.06. The van der Waals surface area contributed by atoms with Crippen LogP contribution in [0.2, 0.25) is 0 Å². The number of allylic oxidation sites excluding steroid dienone is 6. The Bertz CT molecular complexity index is 1190. The third-order valence-electron chi connectivity index (χ3n) is 10.7. The Hall–Kier alpha value is -1.68. The Labute approximate surface area is 364 Å². The van der Waals surface area contributed by atoms with Crippen molar-refractivity contribution in [2.45, 2.75) is 230 Å². The fraction of sp³-hybridized carbons (Fsp3) is 0.851. The van der Waals surface area contributed by atoms with E-state index in [2.05, 4.69) is 54.5 Å². The lowest BCUT2D eigenvalue weighted by atomic mass is 9.99. The van der Waals surface area contributed by atoms with Crippen molar-refractivity contribution in [3.63, 3.8) is 0 Å². The molecule has 1 rings (SSSR count). The summed E-state index contributed by atoms with van der Waals surface area (Å²) >= 11 is 0. The van der Waals surface area contributed by atoms with Gasteiger partial charge in [0.05, 0.1) is 19.8 Å². The predicted molar refractivity (Wildman–Crippen MR) is 239 cm³/mol. The average Bonchev–Trinajstić information content (AvgIpc) is 3.22. The largest absolute Gasteiger partial charge is 0.457 e.